The van der Waals surface area contributed by atoms with Gasteiger partial charge in [-0.3, -0.25) is 15.1 Å². The molecule has 0 saturated carbocycles. The first kappa shape index (κ1) is 13.3. The maximum Gasteiger partial charge on any atom is 0.317 e. The minimum absolute atomic E-state index is 0.0326. The lowest BCUT2D eigenvalue weighted by molar-refractivity contribution is 0.0951. The number of hydrogen-bond acceptors (Lipinski definition) is 6. The van der Waals surface area contributed by atoms with Crippen molar-refractivity contribution in [1.82, 2.24) is 25.5 Å². The van der Waals surface area contributed by atoms with Crippen LogP contribution < -0.4 is 16.6 Å². The Kier molecular flexibility index (Phi) is 3.55. The number of urea groups is 1. The van der Waals surface area contributed by atoms with Crippen LogP contribution in [0.15, 0.2) is 5.38 Å². The van der Waals surface area contributed by atoms with E-state index in [9.17, 15) is 9.59 Å². The van der Waals surface area contributed by atoms with Crippen molar-refractivity contribution in [3.63, 3.8) is 0 Å². The van der Waals surface area contributed by atoms with Gasteiger partial charge in [-0.05, 0) is 0 Å². The van der Waals surface area contributed by atoms with Crippen molar-refractivity contribution >= 4 is 23.3 Å². The smallest absolute Gasteiger partial charge is 0.317 e. The summed E-state index contributed by atoms with van der Waals surface area (Å²) >= 11 is 1.28. The van der Waals surface area contributed by atoms with E-state index in [2.05, 4.69) is 20.6 Å². The monoisotopic (exact) mass is 296 g/mol. The van der Waals surface area contributed by atoms with Gasteiger partial charge in [-0.1, -0.05) is 0 Å². The van der Waals surface area contributed by atoms with Gasteiger partial charge in [-0.25, -0.2) is 15.6 Å². The van der Waals surface area contributed by atoms with Gasteiger partial charge in [0.25, 0.3) is 5.91 Å². The zero-order valence-corrected chi connectivity index (χ0v) is 11.7. The van der Waals surface area contributed by atoms with Gasteiger partial charge in [0, 0.05) is 38.1 Å². The first-order valence-electron chi connectivity index (χ1n) is 6.39. The molecule has 108 valence electrons. The molecule has 9 heteroatoms. The van der Waals surface area contributed by atoms with Crippen LogP contribution in [0.4, 0.5) is 4.79 Å². The highest BCUT2D eigenvalue weighted by Crippen LogP contribution is 2.17. The molecule has 3 heterocycles. The van der Waals surface area contributed by atoms with E-state index in [0.29, 0.717) is 18.1 Å². The summed E-state index contributed by atoms with van der Waals surface area (Å²) in [5.74, 6) is 4.72. The number of hydrazine groups is 1. The molecule has 3 amide bonds. The molecule has 4 N–H and O–H groups in total. The molecule has 1 aromatic rings. The van der Waals surface area contributed by atoms with Gasteiger partial charge in [0.1, 0.15) is 0 Å². The fraction of sp³-hybridized carbons (Fsp3) is 0.545. The Labute approximate surface area is 119 Å². The zero-order chi connectivity index (χ0) is 14.1. The first-order chi connectivity index (χ1) is 9.67. The number of nitrogens with one attached hydrogen (secondary N) is 2. The summed E-state index contributed by atoms with van der Waals surface area (Å²) in [5.41, 5.74) is 2.94. The largest absolute Gasteiger partial charge is 0.336 e. The molecule has 1 aromatic heterocycles. The minimum Gasteiger partial charge on any atom is -0.336 e. The van der Waals surface area contributed by atoms with Crippen LogP contribution in [0.1, 0.15) is 15.5 Å². The molecule has 3 rings (SSSR count). The molecule has 2 saturated heterocycles. The van der Waals surface area contributed by atoms with Crippen molar-refractivity contribution < 1.29 is 9.59 Å². The Morgan fingerprint density at radius 3 is 3.25 bits per heavy atom. The predicted octanol–water partition coefficient (Wildman–Crippen LogP) is -1.04. The first-order valence-corrected chi connectivity index (χ1v) is 7.27. The maximum absolute atomic E-state index is 11.5. The van der Waals surface area contributed by atoms with E-state index in [0.717, 1.165) is 25.3 Å². The SMILES string of the molecule is NNC(=O)c1nc(CN2CCN3C(=O)NCC3C2)cs1. The van der Waals surface area contributed by atoms with Crippen LogP contribution in [-0.2, 0) is 6.54 Å². The molecule has 0 bridgehead atoms. The van der Waals surface area contributed by atoms with E-state index in [-0.39, 0.29) is 18.0 Å². The highest BCUT2D eigenvalue weighted by atomic mass is 32.1. The van der Waals surface area contributed by atoms with Crippen molar-refractivity contribution in [2.75, 3.05) is 26.2 Å². The molecule has 2 fully saturated rings. The summed E-state index contributed by atoms with van der Waals surface area (Å²) in [6.07, 6.45) is 0. The number of aromatic nitrogens is 1. The second kappa shape index (κ2) is 5.35. The molecule has 1 unspecified atom stereocenters. The summed E-state index contributed by atoms with van der Waals surface area (Å²) in [6, 6.07) is 0.270. The lowest BCUT2D eigenvalue weighted by Gasteiger charge is -2.35. The number of hydrogen-bond donors (Lipinski definition) is 3. The minimum atomic E-state index is -0.364. The van der Waals surface area contributed by atoms with Gasteiger partial charge in [0.15, 0.2) is 5.01 Å². The molecular weight excluding hydrogens is 280 g/mol. The highest BCUT2D eigenvalue weighted by Gasteiger charge is 2.35. The third-order valence-corrected chi connectivity index (χ3v) is 4.47. The van der Waals surface area contributed by atoms with Crippen LogP contribution in [0.2, 0.25) is 0 Å². The average molecular weight is 296 g/mol. The molecule has 0 aromatic carbocycles. The molecule has 0 spiro atoms. The average Bonchev–Trinajstić information content (AvgIpc) is 3.06. The summed E-state index contributed by atoms with van der Waals surface area (Å²) in [7, 11) is 0. The predicted molar refractivity (Wildman–Crippen MR) is 72.9 cm³/mol. The normalized spacial score (nSPS) is 22.6. The van der Waals surface area contributed by atoms with Crippen LogP contribution in [0, 0.1) is 0 Å². The van der Waals surface area contributed by atoms with Gasteiger partial charge in [-0.15, -0.1) is 11.3 Å². The fourth-order valence-electron chi connectivity index (χ4n) is 2.59. The van der Waals surface area contributed by atoms with Crippen molar-refractivity contribution in [3.8, 4) is 0 Å². The number of carbonyl (C=O) groups is 2. The summed E-state index contributed by atoms with van der Waals surface area (Å²) in [6.45, 7) is 3.77. The van der Waals surface area contributed by atoms with Crippen LogP contribution in [0.25, 0.3) is 0 Å². The third kappa shape index (κ3) is 2.47. The second-order valence-electron chi connectivity index (χ2n) is 4.89. The second-order valence-corrected chi connectivity index (χ2v) is 5.74. The number of fused-ring (bicyclic) bond motifs is 1. The lowest BCUT2D eigenvalue weighted by atomic mass is 10.2. The van der Waals surface area contributed by atoms with Crippen LogP contribution in [-0.4, -0.2) is 58.9 Å². The van der Waals surface area contributed by atoms with E-state index in [1.54, 1.807) is 0 Å². The molecular formula is C11H16N6O2S. The topological polar surface area (TPSA) is 104 Å². The van der Waals surface area contributed by atoms with Gasteiger partial charge in [0.05, 0.1) is 11.7 Å². The van der Waals surface area contributed by atoms with Crippen molar-refractivity contribution in [1.29, 1.82) is 0 Å². The van der Waals surface area contributed by atoms with Crippen LogP contribution in [0.3, 0.4) is 0 Å². The molecule has 0 aliphatic carbocycles. The number of rotatable bonds is 3. The number of nitrogen functional groups attached to an aromatic ring is 1. The van der Waals surface area contributed by atoms with Gasteiger partial charge in [-0.2, -0.15) is 0 Å². The van der Waals surface area contributed by atoms with Crippen LogP contribution in [0.5, 0.6) is 0 Å². The van der Waals surface area contributed by atoms with Gasteiger partial charge in [0.2, 0.25) is 0 Å². The number of thiazole rings is 1. The molecule has 20 heavy (non-hydrogen) atoms. The van der Waals surface area contributed by atoms with E-state index in [1.165, 1.54) is 11.3 Å². The summed E-state index contributed by atoms with van der Waals surface area (Å²) in [4.78, 5) is 31.3. The van der Waals surface area contributed by atoms with Gasteiger partial charge >= 0.3 is 6.03 Å². The number of piperazine rings is 1. The highest BCUT2D eigenvalue weighted by molar-refractivity contribution is 7.11. The van der Waals surface area contributed by atoms with Crippen LogP contribution >= 0.6 is 11.3 Å². The van der Waals surface area contributed by atoms with E-state index < -0.39 is 0 Å². The third-order valence-electron chi connectivity index (χ3n) is 3.58. The Hall–Kier alpha value is -1.71. The Morgan fingerprint density at radius 2 is 2.45 bits per heavy atom. The number of nitrogens with zero attached hydrogens (tertiary/aromatic N) is 3. The molecule has 2 aliphatic heterocycles. The fourth-order valence-corrected chi connectivity index (χ4v) is 3.30. The Morgan fingerprint density at radius 1 is 1.60 bits per heavy atom. The number of nitrogens with two attached hydrogens (primary N) is 1. The van der Waals surface area contributed by atoms with Crippen molar-refractivity contribution in [2.24, 2.45) is 5.84 Å². The quantitative estimate of drug-likeness (QED) is 0.375. The molecule has 0 radical (unpaired) electrons. The van der Waals surface area contributed by atoms with E-state index in [4.69, 9.17) is 5.84 Å². The summed E-state index contributed by atoms with van der Waals surface area (Å²) < 4.78 is 0. The number of amides is 3. The van der Waals surface area contributed by atoms with Gasteiger partial charge < -0.3 is 10.2 Å². The lowest BCUT2D eigenvalue weighted by Crippen LogP contribution is -2.51. The zero-order valence-electron chi connectivity index (χ0n) is 10.8. The van der Waals surface area contributed by atoms with Crippen molar-refractivity contribution in [2.45, 2.75) is 12.6 Å². The summed E-state index contributed by atoms with van der Waals surface area (Å²) in [5, 5.41) is 5.10. The maximum atomic E-state index is 11.5. The molecule has 8 nitrogen and oxygen atoms in total. The van der Waals surface area contributed by atoms with E-state index >= 15 is 0 Å². The standard InChI is InChI=1S/C11H16N6O2S/c12-15-9(18)10-14-7(6-20-10)4-16-1-2-17-8(5-16)3-13-11(17)19/h6,8H,1-5,12H2,(H,13,19)(H,15,18). The molecule has 1 atom stereocenters. The molecule has 2 aliphatic rings. The Bertz CT molecular complexity index is 533. The number of carbonyl (C=O) groups excluding carboxylic acids is 2. The Balaban J connectivity index is 1.60. The van der Waals surface area contributed by atoms with E-state index in [1.807, 2.05) is 10.3 Å². The van der Waals surface area contributed by atoms with Crippen molar-refractivity contribution in [3.05, 3.63) is 16.1 Å².